The molecule has 0 bridgehead atoms. The minimum atomic E-state index is -4.75. The van der Waals surface area contributed by atoms with E-state index in [2.05, 4.69) is 10.1 Å². The molecule has 1 rings (SSSR count). The highest BCUT2D eigenvalue weighted by Gasteiger charge is 2.31. The molecule has 2 N–H and O–H groups in total. The van der Waals surface area contributed by atoms with Crippen molar-refractivity contribution in [3.63, 3.8) is 0 Å². The lowest BCUT2D eigenvalue weighted by atomic mass is 10.1. The molecule has 1 amide bonds. The van der Waals surface area contributed by atoms with Gasteiger partial charge in [-0.25, -0.2) is 0 Å². The molecule has 100 valence electrons. The Labute approximate surface area is 101 Å². The topological polar surface area (TPSA) is 58.6 Å². The normalized spacial score (nSPS) is 11.1. The zero-order valence-corrected chi connectivity index (χ0v) is 9.33. The second-order valence-corrected chi connectivity index (χ2v) is 3.45. The summed E-state index contributed by atoms with van der Waals surface area (Å²) in [5.74, 6) is -0.747. The zero-order valence-electron chi connectivity index (χ0n) is 9.33. The van der Waals surface area contributed by atoms with E-state index in [1.165, 1.54) is 12.1 Å². The lowest BCUT2D eigenvalue weighted by Crippen LogP contribution is -2.27. The van der Waals surface area contributed by atoms with Crippen LogP contribution in [0.5, 0.6) is 5.75 Å². The van der Waals surface area contributed by atoms with Crippen LogP contribution in [0.2, 0.25) is 0 Å². The predicted molar refractivity (Wildman–Crippen MR) is 56.9 cm³/mol. The molecule has 1 aromatic rings. The number of alkyl halides is 3. The van der Waals surface area contributed by atoms with Crippen LogP contribution >= 0.6 is 0 Å². The van der Waals surface area contributed by atoms with E-state index in [0.29, 0.717) is 5.56 Å². The molecule has 0 aliphatic rings. The van der Waals surface area contributed by atoms with E-state index < -0.39 is 6.36 Å². The molecule has 0 fully saturated rings. The highest BCUT2D eigenvalue weighted by atomic mass is 19.4. The number of halogens is 3. The van der Waals surface area contributed by atoms with Crippen molar-refractivity contribution in [3.8, 4) is 5.75 Å². The van der Waals surface area contributed by atoms with Crippen LogP contribution in [0.4, 0.5) is 13.2 Å². The number of amides is 1. The average molecular weight is 263 g/mol. The second kappa shape index (κ2) is 6.25. The van der Waals surface area contributed by atoms with Crippen molar-refractivity contribution in [2.24, 2.45) is 0 Å². The van der Waals surface area contributed by atoms with Crippen molar-refractivity contribution in [1.29, 1.82) is 0 Å². The molecule has 0 spiro atoms. The monoisotopic (exact) mass is 263 g/mol. The van der Waals surface area contributed by atoms with E-state index in [4.69, 9.17) is 5.11 Å². The van der Waals surface area contributed by atoms with E-state index in [1.807, 2.05) is 0 Å². The Morgan fingerprint density at radius 1 is 1.39 bits per heavy atom. The maximum absolute atomic E-state index is 12.0. The van der Waals surface area contributed by atoms with E-state index in [0.717, 1.165) is 12.1 Å². The molecule has 0 radical (unpaired) electrons. The number of hydrogen-bond donors (Lipinski definition) is 2. The Morgan fingerprint density at radius 3 is 2.72 bits per heavy atom. The van der Waals surface area contributed by atoms with Gasteiger partial charge in [-0.05, 0) is 17.7 Å². The van der Waals surface area contributed by atoms with Gasteiger partial charge in [-0.1, -0.05) is 12.1 Å². The van der Waals surface area contributed by atoms with Crippen LogP contribution < -0.4 is 10.1 Å². The van der Waals surface area contributed by atoms with Crippen LogP contribution in [-0.2, 0) is 11.2 Å². The molecule has 0 atom stereocenters. The molecule has 7 heteroatoms. The number of carbonyl (C=O) groups is 1. The molecule has 4 nitrogen and oxygen atoms in total. The lowest BCUT2D eigenvalue weighted by Gasteiger charge is -2.10. The molecule has 1 aromatic carbocycles. The summed E-state index contributed by atoms with van der Waals surface area (Å²) in [6.45, 7) is -0.0828. The molecule has 0 saturated heterocycles. The number of carbonyl (C=O) groups excluding carboxylic acids is 1. The Kier molecular flexibility index (Phi) is 4.96. The Morgan fingerprint density at radius 2 is 2.11 bits per heavy atom. The third-order valence-electron chi connectivity index (χ3n) is 1.93. The summed E-state index contributed by atoms with van der Waals surface area (Å²) in [6, 6.07) is 5.19. The third kappa shape index (κ3) is 5.53. The first-order valence-electron chi connectivity index (χ1n) is 5.13. The van der Waals surface area contributed by atoms with Gasteiger partial charge in [-0.2, -0.15) is 0 Å². The first-order valence-corrected chi connectivity index (χ1v) is 5.13. The summed E-state index contributed by atoms with van der Waals surface area (Å²) in [5.41, 5.74) is 0.396. The summed E-state index contributed by atoms with van der Waals surface area (Å²) in [7, 11) is 0. The summed E-state index contributed by atoms with van der Waals surface area (Å²) >= 11 is 0. The van der Waals surface area contributed by atoms with Crippen LogP contribution in [0.15, 0.2) is 24.3 Å². The molecule has 0 heterocycles. The maximum atomic E-state index is 12.0. The molecule has 0 saturated carbocycles. The Hall–Kier alpha value is -1.76. The Bertz CT molecular complexity index is 407. The predicted octanol–water partition coefficient (Wildman–Crippen LogP) is 1.24. The van der Waals surface area contributed by atoms with Gasteiger partial charge in [0.15, 0.2) is 0 Å². The molecular weight excluding hydrogens is 251 g/mol. The van der Waals surface area contributed by atoms with Crippen molar-refractivity contribution in [1.82, 2.24) is 5.32 Å². The molecule has 0 aromatic heterocycles. The molecule has 0 aliphatic heterocycles. The summed E-state index contributed by atoms with van der Waals surface area (Å²) in [6.07, 6.45) is -4.83. The molecule has 18 heavy (non-hydrogen) atoms. The van der Waals surface area contributed by atoms with Gasteiger partial charge in [0.05, 0.1) is 13.0 Å². The standard InChI is InChI=1S/C11H12F3NO3/c12-11(13,14)18-9-3-1-2-8(6-9)7-10(17)15-4-5-16/h1-3,6,16H,4-5,7H2,(H,15,17). The number of hydrogen-bond acceptors (Lipinski definition) is 3. The van der Waals surface area contributed by atoms with Gasteiger partial charge in [-0.15, -0.1) is 13.2 Å². The first kappa shape index (κ1) is 14.3. The van der Waals surface area contributed by atoms with E-state index >= 15 is 0 Å². The zero-order chi connectivity index (χ0) is 13.6. The highest BCUT2D eigenvalue weighted by molar-refractivity contribution is 5.78. The number of aliphatic hydroxyl groups is 1. The van der Waals surface area contributed by atoms with Crippen molar-refractivity contribution in [3.05, 3.63) is 29.8 Å². The number of nitrogens with one attached hydrogen (secondary N) is 1. The molecular formula is C11H12F3NO3. The highest BCUT2D eigenvalue weighted by Crippen LogP contribution is 2.23. The lowest BCUT2D eigenvalue weighted by molar-refractivity contribution is -0.274. The summed E-state index contributed by atoms with van der Waals surface area (Å²) in [5, 5.41) is 10.9. The van der Waals surface area contributed by atoms with Crippen molar-refractivity contribution in [2.75, 3.05) is 13.2 Å². The minimum absolute atomic E-state index is 0.0743. The summed E-state index contributed by atoms with van der Waals surface area (Å²) in [4.78, 5) is 11.3. The Balaban J connectivity index is 2.62. The van der Waals surface area contributed by atoms with Gasteiger partial charge in [0.25, 0.3) is 0 Å². The van der Waals surface area contributed by atoms with Gasteiger partial charge in [0, 0.05) is 6.54 Å². The van der Waals surface area contributed by atoms with Gasteiger partial charge in [0.1, 0.15) is 5.75 Å². The van der Waals surface area contributed by atoms with Crippen molar-refractivity contribution < 1.29 is 27.8 Å². The van der Waals surface area contributed by atoms with Crippen LogP contribution in [0.3, 0.4) is 0 Å². The van der Waals surface area contributed by atoms with Crippen molar-refractivity contribution >= 4 is 5.91 Å². The average Bonchev–Trinajstić information content (AvgIpc) is 2.24. The van der Waals surface area contributed by atoms with Gasteiger partial charge < -0.3 is 15.2 Å². The second-order valence-electron chi connectivity index (χ2n) is 3.45. The SMILES string of the molecule is O=C(Cc1cccc(OC(F)(F)F)c1)NCCO. The summed E-state index contributed by atoms with van der Waals surface area (Å²) < 4.78 is 39.7. The quantitative estimate of drug-likeness (QED) is 0.840. The minimum Gasteiger partial charge on any atom is -0.406 e. The largest absolute Gasteiger partial charge is 0.573 e. The molecule has 0 unspecified atom stereocenters. The fourth-order valence-electron chi connectivity index (χ4n) is 1.30. The number of aliphatic hydroxyl groups excluding tert-OH is 1. The van der Waals surface area contributed by atoms with E-state index in [1.54, 1.807) is 0 Å². The molecule has 0 aliphatic carbocycles. The van der Waals surface area contributed by atoms with Crippen molar-refractivity contribution in [2.45, 2.75) is 12.8 Å². The smallest absolute Gasteiger partial charge is 0.406 e. The van der Waals surface area contributed by atoms with Crippen LogP contribution in [0.1, 0.15) is 5.56 Å². The first-order chi connectivity index (χ1) is 8.40. The third-order valence-corrected chi connectivity index (χ3v) is 1.93. The van der Waals surface area contributed by atoms with Gasteiger partial charge in [0.2, 0.25) is 5.91 Å². The maximum Gasteiger partial charge on any atom is 0.573 e. The van der Waals surface area contributed by atoms with Crippen LogP contribution in [-0.4, -0.2) is 30.5 Å². The fraction of sp³-hybridized carbons (Fsp3) is 0.364. The number of rotatable bonds is 5. The van der Waals surface area contributed by atoms with Crippen LogP contribution in [0.25, 0.3) is 0 Å². The fourth-order valence-corrected chi connectivity index (χ4v) is 1.30. The van der Waals surface area contributed by atoms with E-state index in [9.17, 15) is 18.0 Å². The number of ether oxygens (including phenoxy) is 1. The number of benzene rings is 1. The van der Waals surface area contributed by atoms with E-state index in [-0.39, 0.29) is 31.2 Å². The van der Waals surface area contributed by atoms with Crippen LogP contribution in [0, 0.1) is 0 Å². The van der Waals surface area contributed by atoms with Gasteiger partial charge in [-0.3, -0.25) is 4.79 Å². The van der Waals surface area contributed by atoms with Gasteiger partial charge >= 0.3 is 6.36 Å².